The van der Waals surface area contributed by atoms with E-state index >= 15 is 0 Å². The number of halogens is 4. The molecule has 0 fully saturated rings. The summed E-state index contributed by atoms with van der Waals surface area (Å²) >= 11 is 1.49. The Balaban J connectivity index is 1.49. The Morgan fingerprint density at radius 1 is 1.00 bits per heavy atom. The SMILES string of the molecule is Fc1ccc(N2C=C3NC=CC=C3N=C2SCCc2ccc(C(F)(F)F)cc2)cc1. The van der Waals surface area contributed by atoms with E-state index in [-0.39, 0.29) is 5.82 Å². The summed E-state index contributed by atoms with van der Waals surface area (Å²) in [7, 11) is 0. The molecule has 154 valence electrons. The van der Waals surface area contributed by atoms with Crippen LogP contribution in [0.25, 0.3) is 0 Å². The van der Waals surface area contributed by atoms with E-state index in [4.69, 9.17) is 4.99 Å². The van der Waals surface area contributed by atoms with Crippen LogP contribution < -0.4 is 10.2 Å². The predicted octanol–water partition coefficient (Wildman–Crippen LogP) is 5.84. The van der Waals surface area contributed by atoms with Crippen LogP contribution in [0.15, 0.2) is 89.5 Å². The zero-order valence-corrected chi connectivity index (χ0v) is 16.5. The number of fused-ring (bicyclic) bond motifs is 1. The second-order valence-corrected chi connectivity index (χ2v) is 7.69. The van der Waals surface area contributed by atoms with Crippen LogP contribution >= 0.6 is 11.8 Å². The number of allylic oxidation sites excluding steroid dienone is 2. The molecule has 8 heteroatoms. The fourth-order valence-corrected chi connectivity index (χ4v) is 3.97. The molecule has 0 saturated carbocycles. The van der Waals surface area contributed by atoms with Crippen molar-refractivity contribution in [1.82, 2.24) is 5.32 Å². The van der Waals surface area contributed by atoms with E-state index in [0.29, 0.717) is 17.3 Å². The van der Waals surface area contributed by atoms with Gasteiger partial charge in [-0.25, -0.2) is 9.38 Å². The molecule has 0 saturated heterocycles. The van der Waals surface area contributed by atoms with E-state index in [9.17, 15) is 17.6 Å². The van der Waals surface area contributed by atoms with Crippen molar-refractivity contribution in [3.63, 3.8) is 0 Å². The van der Waals surface area contributed by atoms with Gasteiger partial charge in [-0.05, 0) is 60.5 Å². The number of rotatable bonds is 4. The van der Waals surface area contributed by atoms with Gasteiger partial charge in [-0.2, -0.15) is 13.2 Å². The first-order chi connectivity index (χ1) is 14.4. The monoisotopic (exact) mass is 431 g/mol. The van der Waals surface area contributed by atoms with Crippen LogP contribution in [0.1, 0.15) is 11.1 Å². The van der Waals surface area contributed by atoms with Crippen LogP contribution in [-0.4, -0.2) is 10.9 Å². The molecular weight excluding hydrogens is 414 g/mol. The maximum atomic E-state index is 13.3. The van der Waals surface area contributed by atoms with Gasteiger partial charge in [-0.15, -0.1) is 0 Å². The summed E-state index contributed by atoms with van der Waals surface area (Å²) in [6.45, 7) is 0. The lowest BCUT2D eigenvalue weighted by molar-refractivity contribution is -0.137. The maximum Gasteiger partial charge on any atom is 0.416 e. The van der Waals surface area contributed by atoms with Gasteiger partial charge in [0, 0.05) is 23.8 Å². The lowest BCUT2D eigenvalue weighted by Gasteiger charge is -2.28. The minimum Gasteiger partial charge on any atom is -0.359 e. The van der Waals surface area contributed by atoms with Gasteiger partial charge < -0.3 is 5.32 Å². The fourth-order valence-electron chi connectivity index (χ4n) is 2.99. The van der Waals surface area contributed by atoms with Crippen LogP contribution in [-0.2, 0) is 12.6 Å². The molecule has 0 atom stereocenters. The summed E-state index contributed by atoms with van der Waals surface area (Å²) in [6, 6.07) is 11.3. The van der Waals surface area contributed by atoms with Gasteiger partial charge in [-0.1, -0.05) is 23.9 Å². The predicted molar refractivity (Wildman–Crippen MR) is 112 cm³/mol. The van der Waals surface area contributed by atoms with Crippen molar-refractivity contribution in [3.8, 4) is 0 Å². The van der Waals surface area contributed by atoms with E-state index in [0.717, 1.165) is 34.8 Å². The molecule has 1 N–H and O–H groups in total. The minimum atomic E-state index is -4.33. The van der Waals surface area contributed by atoms with Gasteiger partial charge in [0.2, 0.25) is 0 Å². The highest BCUT2D eigenvalue weighted by molar-refractivity contribution is 8.14. The number of nitrogens with one attached hydrogen (secondary N) is 1. The standard InChI is InChI=1S/C22H17F4N3S/c23-17-7-9-18(10-8-17)29-14-20-19(2-1-12-27-20)28-21(29)30-13-11-15-3-5-16(6-4-15)22(24,25)26/h1-10,12,14,27H,11,13H2. The van der Waals surface area contributed by atoms with Gasteiger partial charge in [-0.3, -0.25) is 4.90 Å². The Bertz CT molecular complexity index is 1040. The average molecular weight is 431 g/mol. The quantitative estimate of drug-likeness (QED) is 0.617. The van der Waals surface area contributed by atoms with Gasteiger partial charge in [0.05, 0.1) is 17.0 Å². The molecule has 0 radical (unpaired) electrons. The third-order valence-electron chi connectivity index (χ3n) is 4.55. The number of hydrogen-bond donors (Lipinski definition) is 1. The molecule has 0 amide bonds. The minimum absolute atomic E-state index is 0.323. The number of amidine groups is 1. The zero-order valence-electron chi connectivity index (χ0n) is 15.7. The van der Waals surface area contributed by atoms with Crippen molar-refractivity contribution in [2.24, 2.45) is 4.99 Å². The number of aliphatic imine (C=N–C) groups is 1. The number of anilines is 1. The molecule has 2 aliphatic heterocycles. The molecule has 2 aliphatic rings. The summed E-state index contributed by atoms with van der Waals surface area (Å²) in [5.74, 6) is 0.304. The molecule has 0 aliphatic carbocycles. The van der Waals surface area contributed by atoms with E-state index in [1.165, 1.54) is 36.0 Å². The van der Waals surface area contributed by atoms with Crippen LogP contribution in [0.5, 0.6) is 0 Å². The molecule has 0 spiro atoms. The molecule has 2 aromatic rings. The highest BCUT2D eigenvalue weighted by atomic mass is 32.2. The molecule has 0 unspecified atom stereocenters. The van der Waals surface area contributed by atoms with Gasteiger partial charge in [0.25, 0.3) is 0 Å². The van der Waals surface area contributed by atoms with Crippen LogP contribution in [0.3, 0.4) is 0 Å². The highest BCUT2D eigenvalue weighted by Gasteiger charge is 2.30. The van der Waals surface area contributed by atoms with Gasteiger partial charge >= 0.3 is 6.18 Å². The van der Waals surface area contributed by atoms with Crippen LogP contribution in [0.4, 0.5) is 23.2 Å². The number of alkyl halides is 3. The Labute approximate surface area is 175 Å². The molecule has 3 nitrogen and oxygen atoms in total. The lowest BCUT2D eigenvalue weighted by Crippen LogP contribution is -2.30. The summed E-state index contributed by atoms with van der Waals surface area (Å²) in [6.07, 6.45) is 3.70. The largest absolute Gasteiger partial charge is 0.416 e. The molecule has 0 aromatic heterocycles. The third kappa shape index (κ3) is 4.59. The number of nitrogens with zero attached hydrogens (tertiary/aromatic N) is 2. The van der Waals surface area contributed by atoms with Crippen molar-refractivity contribution in [1.29, 1.82) is 0 Å². The molecule has 2 heterocycles. The number of benzene rings is 2. The topological polar surface area (TPSA) is 27.6 Å². The number of aryl methyl sites for hydroxylation is 1. The summed E-state index contributed by atoms with van der Waals surface area (Å²) in [4.78, 5) is 6.57. The van der Waals surface area contributed by atoms with Crippen molar-refractivity contribution < 1.29 is 17.6 Å². The Hall–Kier alpha value is -3.00. The Morgan fingerprint density at radius 3 is 2.43 bits per heavy atom. The second-order valence-electron chi connectivity index (χ2n) is 6.63. The van der Waals surface area contributed by atoms with Crippen LogP contribution in [0.2, 0.25) is 0 Å². The first-order valence-corrected chi connectivity index (χ1v) is 10.2. The molecule has 4 rings (SSSR count). The fraction of sp³-hybridized carbons (Fsp3) is 0.136. The van der Waals surface area contributed by atoms with Crippen molar-refractivity contribution >= 4 is 22.6 Å². The molecular formula is C22H17F4N3S. The lowest BCUT2D eigenvalue weighted by atomic mass is 10.1. The summed E-state index contributed by atoms with van der Waals surface area (Å²) < 4.78 is 51.5. The van der Waals surface area contributed by atoms with Crippen molar-refractivity contribution in [2.75, 3.05) is 10.7 Å². The average Bonchev–Trinajstić information content (AvgIpc) is 2.73. The molecule has 30 heavy (non-hydrogen) atoms. The Kier molecular flexibility index (Phi) is 5.67. The first kappa shape index (κ1) is 20.3. The first-order valence-electron chi connectivity index (χ1n) is 9.18. The van der Waals surface area contributed by atoms with Crippen molar-refractivity contribution in [2.45, 2.75) is 12.6 Å². The van der Waals surface area contributed by atoms with Gasteiger partial charge in [0.1, 0.15) is 5.82 Å². The van der Waals surface area contributed by atoms with E-state index in [1.807, 2.05) is 23.3 Å². The van der Waals surface area contributed by atoms with E-state index < -0.39 is 11.7 Å². The number of thioether (sulfide) groups is 1. The van der Waals surface area contributed by atoms with E-state index in [1.54, 1.807) is 18.3 Å². The maximum absolute atomic E-state index is 13.3. The van der Waals surface area contributed by atoms with E-state index in [2.05, 4.69) is 5.32 Å². The second kappa shape index (κ2) is 8.39. The Morgan fingerprint density at radius 2 is 1.73 bits per heavy atom. The van der Waals surface area contributed by atoms with Crippen LogP contribution in [0, 0.1) is 5.82 Å². The normalized spacial score (nSPS) is 15.7. The summed E-state index contributed by atoms with van der Waals surface area (Å²) in [5, 5.41) is 3.85. The van der Waals surface area contributed by atoms with Crippen molar-refractivity contribution in [3.05, 3.63) is 101 Å². The third-order valence-corrected chi connectivity index (χ3v) is 5.51. The summed E-state index contributed by atoms with van der Waals surface area (Å²) in [5.41, 5.74) is 2.54. The number of dihydropyridines is 1. The highest BCUT2D eigenvalue weighted by Crippen LogP contribution is 2.31. The number of hydrogen-bond acceptors (Lipinski definition) is 4. The molecule has 2 aromatic carbocycles. The smallest absolute Gasteiger partial charge is 0.359 e. The molecule has 0 bridgehead atoms. The van der Waals surface area contributed by atoms with Gasteiger partial charge in [0.15, 0.2) is 5.17 Å². The zero-order chi connectivity index (χ0) is 21.1.